The predicted molar refractivity (Wildman–Crippen MR) is 36.3 cm³/mol. The van der Waals surface area contributed by atoms with E-state index in [0.717, 1.165) is 13.2 Å². The van der Waals surface area contributed by atoms with Gasteiger partial charge < -0.3 is 10.5 Å². The van der Waals surface area contributed by atoms with Crippen molar-refractivity contribution < 1.29 is 4.74 Å². The summed E-state index contributed by atoms with van der Waals surface area (Å²) in [6.45, 7) is 2.27. The Morgan fingerprint density at radius 1 is 1.56 bits per heavy atom. The number of ether oxygens (including phenoxy) is 1. The van der Waals surface area contributed by atoms with Gasteiger partial charge in [-0.25, -0.2) is 0 Å². The van der Waals surface area contributed by atoms with Gasteiger partial charge in [-0.1, -0.05) is 0 Å². The molecule has 0 radical (unpaired) electrons. The Bertz CT molecular complexity index is 93.7. The first-order valence-electron chi connectivity index (χ1n) is 3.16. The highest BCUT2D eigenvalue weighted by Crippen LogP contribution is 2.20. The van der Waals surface area contributed by atoms with E-state index in [2.05, 4.69) is 4.90 Å². The van der Waals surface area contributed by atoms with Gasteiger partial charge in [0.1, 0.15) is 0 Å². The Kier molecular flexibility index (Phi) is 1.75. The SMILES string of the molecule is CN(C)C1(CN)COC1. The van der Waals surface area contributed by atoms with Crippen molar-refractivity contribution in [2.24, 2.45) is 5.73 Å². The number of rotatable bonds is 2. The van der Waals surface area contributed by atoms with Crippen molar-refractivity contribution in [1.82, 2.24) is 4.90 Å². The molecular formula is C6H14N2O. The van der Waals surface area contributed by atoms with Crippen molar-refractivity contribution in [2.75, 3.05) is 33.9 Å². The minimum Gasteiger partial charge on any atom is -0.377 e. The highest BCUT2D eigenvalue weighted by molar-refractivity contribution is 4.94. The van der Waals surface area contributed by atoms with E-state index >= 15 is 0 Å². The first kappa shape index (κ1) is 6.99. The Labute approximate surface area is 55.8 Å². The third-order valence-corrected chi connectivity index (χ3v) is 2.07. The quantitative estimate of drug-likeness (QED) is 0.536. The number of likely N-dealkylation sites (N-methyl/N-ethyl adjacent to an activating group) is 1. The molecule has 1 fully saturated rings. The fourth-order valence-corrected chi connectivity index (χ4v) is 0.896. The molecule has 0 aromatic rings. The summed E-state index contributed by atoms with van der Waals surface area (Å²) in [6.07, 6.45) is 0. The van der Waals surface area contributed by atoms with E-state index in [0.29, 0.717) is 6.54 Å². The zero-order valence-corrected chi connectivity index (χ0v) is 6.05. The van der Waals surface area contributed by atoms with E-state index in [-0.39, 0.29) is 5.54 Å². The van der Waals surface area contributed by atoms with Crippen LogP contribution in [0.4, 0.5) is 0 Å². The van der Waals surface area contributed by atoms with Crippen molar-refractivity contribution in [1.29, 1.82) is 0 Å². The van der Waals surface area contributed by atoms with E-state index in [1.54, 1.807) is 0 Å². The van der Waals surface area contributed by atoms with Gasteiger partial charge in [-0.3, -0.25) is 4.90 Å². The standard InChI is InChI=1S/C6H14N2O/c1-8(2)6(3-7)4-9-5-6/h3-5,7H2,1-2H3. The maximum Gasteiger partial charge on any atom is 0.0797 e. The van der Waals surface area contributed by atoms with Crippen LogP contribution in [0.2, 0.25) is 0 Å². The first-order chi connectivity index (χ1) is 4.21. The molecular weight excluding hydrogens is 116 g/mol. The van der Waals surface area contributed by atoms with Crippen molar-refractivity contribution in [2.45, 2.75) is 5.54 Å². The van der Waals surface area contributed by atoms with Gasteiger partial charge in [0.15, 0.2) is 0 Å². The molecule has 0 aromatic carbocycles. The van der Waals surface area contributed by atoms with Crippen molar-refractivity contribution in [3.05, 3.63) is 0 Å². The van der Waals surface area contributed by atoms with Crippen LogP contribution in [0.5, 0.6) is 0 Å². The molecule has 2 N–H and O–H groups in total. The van der Waals surface area contributed by atoms with E-state index in [1.807, 2.05) is 14.1 Å². The van der Waals surface area contributed by atoms with Gasteiger partial charge in [0, 0.05) is 6.54 Å². The van der Waals surface area contributed by atoms with Crippen LogP contribution >= 0.6 is 0 Å². The third-order valence-electron chi connectivity index (χ3n) is 2.07. The second-order valence-corrected chi connectivity index (χ2v) is 2.82. The molecule has 0 aliphatic carbocycles. The van der Waals surface area contributed by atoms with Gasteiger partial charge in [0.25, 0.3) is 0 Å². The average Bonchev–Trinajstić information content (AvgIpc) is 1.62. The predicted octanol–water partition coefficient (Wildman–Crippen LogP) is -0.724. The molecule has 1 heterocycles. The lowest BCUT2D eigenvalue weighted by Crippen LogP contribution is -2.63. The highest BCUT2D eigenvalue weighted by Gasteiger charge is 2.39. The monoisotopic (exact) mass is 130 g/mol. The molecule has 0 amide bonds. The largest absolute Gasteiger partial charge is 0.377 e. The zero-order chi connectivity index (χ0) is 6.91. The molecule has 0 unspecified atom stereocenters. The maximum absolute atomic E-state index is 5.55. The average molecular weight is 130 g/mol. The Hall–Kier alpha value is -0.120. The summed E-state index contributed by atoms with van der Waals surface area (Å²) >= 11 is 0. The molecule has 0 saturated carbocycles. The fourth-order valence-electron chi connectivity index (χ4n) is 0.896. The first-order valence-corrected chi connectivity index (χ1v) is 3.16. The maximum atomic E-state index is 5.55. The number of hydrogen-bond acceptors (Lipinski definition) is 3. The van der Waals surface area contributed by atoms with Crippen molar-refractivity contribution >= 4 is 0 Å². The van der Waals surface area contributed by atoms with Gasteiger partial charge in [0.2, 0.25) is 0 Å². The van der Waals surface area contributed by atoms with Crippen LogP contribution in [0.1, 0.15) is 0 Å². The molecule has 1 aliphatic rings. The molecule has 1 saturated heterocycles. The molecule has 0 aromatic heterocycles. The minimum atomic E-state index is 0.153. The topological polar surface area (TPSA) is 38.5 Å². The van der Waals surface area contributed by atoms with Crippen LogP contribution in [0.3, 0.4) is 0 Å². The van der Waals surface area contributed by atoms with Gasteiger partial charge in [0.05, 0.1) is 18.8 Å². The minimum absolute atomic E-state index is 0.153. The molecule has 0 bridgehead atoms. The summed E-state index contributed by atoms with van der Waals surface area (Å²) < 4.78 is 5.07. The van der Waals surface area contributed by atoms with Gasteiger partial charge in [-0.05, 0) is 14.1 Å². The lowest BCUT2D eigenvalue weighted by Gasteiger charge is -2.45. The third kappa shape index (κ3) is 0.956. The molecule has 9 heavy (non-hydrogen) atoms. The van der Waals surface area contributed by atoms with Crippen LogP contribution in [0, 0.1) is 0 Å². The summed E-state index contributed by atoms with van der Waals surface area (Å²) in [6, 6.07) is 0. The lowest BCUT2D eigenvalue weighted by molar-refractivity contribution is -0.118. The van der Waals surface area contributed by atoms with Crippen molar-refractivity contribution in [3.8, 4) is 0 Å². The van der Waals surface area contributed by atoms with Crippen LogP contribution in [-0.4, -0.2) is 44.3 Å². The second-order valence-electron chi connectivity index (χ2n) is 2.82. The van der Waals surface area contributed by atoms with E-state index < -0.39 is 0 Å². The summed E-state index contributed by atoms with van der Waals surface area (Å²) in [5.74, 6) is 0. The Morgan fingerprint density at radius 2 is 2.11 bits per heavy atom. The van der Waals surface area contributed by atoms with Gasteiger partial charge in [-0.2, -0.15) is 0 Å². The molecule has 3 nitrogen and oxygen atoms in total. The highest BCUT2D eigenvalue weighted by atomic mass is 16.5. The number of hydrogen-bond donors (Lipinski definition) is 1. The normalized spacial score (nSPS) is 24.0. The van der Waals surface area contributed by atoms with E-state index in [4.69, 9.17) is 10.5 Å². The summed E-state index contributed by atoms with van der Waals surface area (Å²) in [7, 11) is 4.07. The molecule has 54 valence electrons. The Morgan fingerprint density at radius 3 is 2.11 bits per heavy atom. The summed E-state index contributed by atoms with van der Waals surface area (Å²) in [5, 5.41) is 0. The van der Waals surface area contributed by atoms with E-state index in [1.165, 1.54) is 0 Å². The van der Waals surface area contributed by atoms with Crippen LogP contribution in [-0.2, 0) is 4.74 Å². The molecule has 0 atom stereocenters. The summed E-state index contributed by atoms with van der Waals surface area (Å²) in [4.78, 5) is 2.14. The molecule has 0 spiro atoms. The van der Waals surface area contributed by atoms with Crippen LogP contribution in [0.15, 0.2) is 0 Å². The Balaban J connectivity index is 2.46. The fraction of sp³-hybridized carbons (Fsp3) is 1.00. The molecule has 1 aliphatic heterocycles. The lowest BCUT2D eigenvalue weighted by atomic mass is 9.97. The van der Waals surface area contributed by atoms with Crippen molar-refractivity contribution in [3.63, 3.8) is 0 Å². The van der Waals surface area contributed by atoms with Crippen LogP contribution in [0.25, 0.3) is 0 Å². The van der Waals surface area contributed by atoms with Gasteiger partial charge >= 0.3 is 0 Å². The second kappa shape index (κ2) is 2.25. The smallest absolute Gasteiger partial charge is 0.0797 e. The van der Waals surface area contributed by atoms with E-state index in [9.17, 15) is 0 Å². The van der Waals surface area contributed by atoms with Crippen LogP contribution < -0.4 is 5.73 Å². The zero-order valence-electron chi connectivity index (χ0n) is 6.05. The number of nitrogens with two attached hydrogens (primary N) is 1. The molecule has 3 heteroatoms. The molecule has 1 rings (SSSR count). The summed E-state index contributed by atoms with van der Waals surface area (Å²) in [5.41, 5.74) is 5.70. The van der Waals surface area contributed by atoms with Gasteiger partial charge in [-0.15, -0.1) is 0 Å². The number of nitrogens with zero attached hydrogens (tertiary/aromatic N) is 1.